The Bertz CT molecular complexity index is 347. The number of para-hydroxylation sites is 1. The molecular formula is C15H24N2O. The zero-order chi connectivity index (χ0) is 13.4. The first-order valence-electron chi connectivity index (χ1n) is 6.76. The number of anilines is 1. The van der Waals surface area contributed by atoms with Crippen molar-refractivity contribution < 1.29 is 4.79 Å². The number of hydrogen-bond acceptors (Lipinski definition) is 2. The predicted molar refractivity (Wildman–Crippen MR) is 76.6 cm³/mol. The van der Waals surface area contributed by atoms with Crippen LogP contribution >= 0.6 is 0 Å². The summed E-state index contributed by atoms with van der Waals surface area (Å²) in [6.45, 7) is 7.17. The van der Waals surface area contributed by atoms with Crippen LogP contribution in [0.15, 0.2) is 30.3 Å². The Morgan fingerprint density at radius 2 is 1.78 bits per heavy atom. The summed E-state index contributed by atoms with van der Waals surface area (Å²) in [5.41, 5.74) is 0.846. The topological polar surface area (TPSA) is 41.1 Å². The van der Waals surface area contributed by atoms with Gasteiger partial charge in [0.25, 0.3) is 0 Å². The quantitative estimate of drug-likeness (QED) is 0.778. The molecule has 100 valence electrons. The molecule has 0 aromatic heterocycles. The number of rotatable bonds is 7. The molecule has 0 aliphatic heterocycles. The molecule has 18 heavy (non-hydrogen) atoms. The first-order valence-corrected chi connectivity index (χ1v) is 6.76. The van der Waals surface area contributed by atoms with Gasteiger partial charge in [-0.1, -0.05) is 44.9 Å². The Labute approximate surface area is 110 Å². The van der Waals surface area contributed by atoms with Gasteiger partial charge < -0.3 is 10.6 Å². The van der Waals surface area contributed by atoms with Crippen LogP contribution in [-0.4, -0.2) is 18.5 Å². The van der Waals surface area contributed by atoms with E-state index in [9.17, 15) is 4.79 Å². The first kappa shape index (κ1) is 14.7. The summed E-state index contributed by atoms with van der Waals surface area (Å²) >= 11 is 0. The average Bonchev–Trinajstić information content (AvgIpc) is 2.40. The van der Waals surface area contributed by atoms with E-state index in [0.717, 1.165) is 25.1 Å². The van der Waals surface area contributed by atoms with Gasteiger partial charge in [-0.05, 0) is 31.5 Å². The van der Waals surface area contributed by atoms with Gasteiger partial charge in [-0.2, -0.15) is 0 Å². The molecule has 0 saturated carbocycles. The van der Waals surface area contributed by atoms with E-state index < -0.39 is 0 Å². The molecule has 3 heteroatoms. The van der Waals surface area contributed by atoms with Crippen molar-refractivity contribution in [1.82, 2.24) is 5.32 Å². The fourth-order valence-electron chi connectivity index (χ4n) is 1.79. The molecule has 0 saturated heterocycles. The van der Waals surface area contributed by atoms with E-state index in [4.69, 9.17) is 0 Å². The summed E-state index contributed by atoms with van der Waals surface area (Å²) < 4.78 is 0. The van der Waals surface area contributed by atoms with Crippen molar-refractivity contribution in [3.63, 3.8) is 0 Å². The van der Waals surface area contributed by atoms with Crippen LogP contribution in [0, 0.1) is 5.92 Å². The third-order valence-electron chi connectivity index (χ3n) is 3.30. The molecule has 0 heterocycles. The van der Waals surface area contributed by atoms with Crippen LogP contribution in [0.2, 0.25) is 0 Å². The second kappa shape index (κ2) is 7.88. The minimum absolute atomic E-state index is 0.0205. The molecular weight excluding hydrogens is 224 g/mol. The number of carbonyl (C=O) groups is 1. The first-order chi connectivity index (χ1) is 8.67. The van der Waals surface area contributed by atoms with Crippen molar-refractivity contribution in [2.24, 2.45) is 5.92 Å². The van der Waals surface area contributed by atoms with Crippen LogP contribution < -0.4 is 10.6 Å². The maximum absolute atomic E-state index is 11.9. The summed E-state index contributed by atoms with van der Waals surface area (Å²) in [6.07, 6.45) is 2.30. The zero-order valence-electron chi connectivity index (χ0n) is 11.6. The van der Waals surface area contributed by atoms with Gasteiger partial charge in [-0.15, -0.1) is 0 Å². The van der Waals surface area contributed by atoms with E-state index in [0.29, 0.717) is 5.92 Å². The monoisotopic (exact) mass is 248 g/mol. The smallest absolute Gasteiger partial charge is 0.241 e. The van der Waals surface area contributed by atoms with E-state index in [2.05, 4.69) is 24.5 Å². The van der Waals surface area contributed by atoms with E-state index in [-0.39, 0.29) is 11.9 Å². The minimum atomic E-state index is -0.161. The molecule has 0 fully saturated rings. The lowest BCUT2D eigenvalue weighted by Gasteiger charge is -2.18. The Morgan fingerprint density at radius 1 is 1.17 bits per heavy atom. The number of hydrogen-bond donors (Lipinski definition) is 2. The molecule has 1 aromatic rings. The normalized spacial score (nSPS) is 12.4. The average molecular weight is 248 g/mol. The molecule has 0 aliphatic carbocycles. The summed E-state index contributed by atoms with van der Waals surface area (Å²) in [6, 6.07) is 9.39. The molecule has 1 amide bonds. The molecule has 0 radical (unpaired) electrons. The van der Waals surface area contributed by atoms with Gasteiger partial charge >= 0.3 is 0 Å². The Balaban J connectivity index is 2.37. The molecule has 3 nitrogen and oxygen atoms in total. The summed E-state index contributed by atoms with van der Waals surface area (Å²) in [5.74, 6) is 0.670. The highest BCUT2D eigenvalue weighted by Gasteiger charge is 2.13. The van der Waals surface area contributed by atoms with Crippen LogP contribution in [0.25, 0.3) is 0 Å². The van der Waals surface area contributed by atoms with Crippen molar-refractivity contribution in [2.45, 2.75) is 39.7 Å². The zero-order valence-corrected chi connectivity index (χ0v) is 11.6. The molecule has 0 bridgehead atoms. The highest BCUT2D eigenvalue weighted by Crippen LogP contribution is 2.07. The maximum Gasteiger partial charge on any atom is 0.241 e. The van der Waals surface area contributed by atoms with Gasteiger partial charge in [0.15, 0.2) is 0 Å². The third kappa shape index (κ3) is 4.88. The number of benzene rings is 1. The van der Waals surface area contributed by atoms with Crippen molar-refractivity contribution >= 4 is 11.6 Å². The molecule has 1 atom stereocenters. The second-order valence-corrected chi connectivity index (χ2v) is 4.67. The summed E-state index contributed by atoms with van der Waals surface area (Å²) in [5, 5.41) is 6.19. The standard InChI is InChI=1S/C15H24N2O/c1-4-13(5-2)11-16-12(3)15(18)17-14-9-7-6-8-10-14/h6-10,12-13,16H,4-5,11H2,1-3H3,(H,17,18). The van der Waals surface area contributed by atoms with E-state index in [1.54, 1.807) is 0 Å². The molecule has 1 aromatic carbocycles. The van der Waals surface area contributed by atoms with Crippen molar-refractivity contribution in [2.75, 3.05) is 11.9 Å². The van der Waals surface area contributed by atoms with Crippen LogP contribution in [0.1, 0.15) is 33.6 Å². The van der Waals surface area contributed by atoms with Crippen LogP contribution in [0.3, 0.4) is 0 Å². The van der Waals surface area contributed by atoms with E-state index in [1.807, 2.05) is 37.3 Å². The lowest BCUT2D eigenvalue weighted by atomic mass is 10.0. The lowest BCUT2D eigenvalue weighted by Crippen LogP contribution is -2.40. The van der Waals surface area contributed by atoms with Crippen LogP contribution in [0.5, 0.6) is 0 Å². The molecule has 2 N–H and O–H groups in total. The Hall–Kier alpha value is -1.35. The van der Waals surface area contributed by atoms with Crippen molar-refractivity contribution in [1.29, 1.82) is 0 Å². The van der Waals surface area contributed by atoms with Crippen molar-refractivity contribution in [3.05, 3.63) is 30.3 Å². The largest absolute Gasteiger partial charge is 0.325 e. The molecule has 0 spiro atoms. The van der Waals surface area contributed by atoms with Crippen LogP contribution in [0.4, 0.5) is 5.69 Å². The Kier molecular flexibility index (Phi) is 6.44. The van der Waals surface area contributed by atoms with Gasteiger partial charge in [0.1, 0.15) is 0 Å². The van der Waals surface area contributed by atoms with Gasteiger partial charge in [-0.25, -0.2) is 0 Å². The number of carbonyl (C=O) groups excluding carboxylic acids is 1. The highest BCUT2D eigenvalue weighted by molar-refractivity contribution is 5.94. The van der Waals surface area contributed by atoms with Gasteiger partial charge in [0, 0.05) is 5.69 Å². The van der Waals surface area contributed by atoms with Crippen LogP contribution in [-0.2, 0) is 4.79 Å². The lowest BCUT2D eigenvalue weighted by molar-refractivity contribution is -0.117. The van der Waals surface area contributed by atoms with Gasteiger partial charge in [0.05, 0.1) is 6.04 Å². The number of nitrogens with one attached hydrogen (secondary N) is 2. The predicted octanol–water partition coefficient (Wildman–Crippen LogP) is 3.04. The molecule has 1 unspecified atom stereocenters. The maximum atomic E-state index is 11.9. The fourth-order valence-corrected chi connectivity index (χ4v) is 1.79. The molecule has 0 aliphatic rings. The van der Waals surface area contributed by atoms with Gasteiger partial charge in [-0.3, -0.25) is 4.79 Å². The Morgan fingerprint density at radius 3 is 2.33 bits per heavy atom. The summed E-state index contributed by atoms with van der Waals surface area (Å²) in [7, 11) is 0. The van der Waals surface area contributed by atoms with E-state index in [1.165, 1.54) is 0 Å². The van der Waals surface area contributed by atoms with E-state index >= 15 is 0 Å². The minimum Gasteiger partial charge on any atom is -0.325 e. The molecule has 1 rings (SSSR count). The highest BCUT2D eigenvalue weighted by atomic mass is 16.2. The summed E-state index contributed by atoms with van der Waals surface area (Å²) in [4.78, 5) is 11.9. The second-order valence-electron chi connectivity index (χ2n) is 4.67. The van der Waals surface area contributed by atoms with Crippen molar-refractivity contribution in [3.8, 4) is 0 Å². The fraction of sp³-hybridized carbons (Fsp3) is 0.533. The SMILES string of the molecule is CCC(CC)CNC(C)C(=O)Nc1ccccc1. The third-order valence-corrected chi connectivity index (χ3v) is 3.30. The van der Waals surface area contributed by atoms with Gasteiger partial charge in [0.2, 0.25) is 5.91 Å². The number of amides is 1.